The van der Waals surface area contributed by atoms with Crippen LogP contribution >= 0.6 is 0 Å². The summed E-state index contributed by atoms with van der Waals surface area (Å²) in [6.45, 7) is 2.55. The van der Waals surface area contributed by atoms with Crippen molar-refractivity contribution < 1.29 is 24.2 Å². The molecular formula is C16H25NO5. The van der Waals surface area contributed by atoms with Crippen LogP contribution in [-0.4, -0.2) is 54.0 Å². The maximum Gasteiger partial charge on any atom is 0.303 e. The average Bonchev–Trinajstić information content (AvgIpc) is 3.09. The van der Waals surface area contributed by atoms with E-state index in [1.165, 1.54) is 0 Å². The summed E-state index contributed by atoms with van der Waals surface area (Å²) < 4.78 is 11.4. The van der Waals surface area contributed by atoms with Gasteiger partial charge >= 0.3 is 5.97 Å². The van der Waals surface area contributed by atoms with Gasteiger partial charge in [-0.25, -0.2) is 0 Å². The third-order valence-electron chi connectivity index (χ3n) is 5.41. The zero-order chi connectivity index (χ0) is 15.6. The van der Waals surface area contributed by atoms with Gasteiger partial charge in [0, 0.05) is 32.4 Å². The van der Waals surface area contributed by atoms with Crippen molar-refractivity contribution in [3.8, 4) is 0 Å². The summed E-state index contributed by atoms with van der Waals surface area (Å²) in [4.78, 5) is 25.6. The Balaban J connectivity index is 1.56. The normalized spacial score (nSPS) is 26.5. The number of carboxylic acid groups (broad SMARTS) is 1. The van der Waals surface area contributed by atoms with Gasteiger partial charge in [0.25, 0.3) is 0 Å². The van der Waals surface area contributed by atoms with Crippen LogP contribution in [-0.2, 0) is 19.1 Å². The van der Waals surface area contributed by atoms with Gasteiger partial charge < -0.3 is 19.5 Å². The average molecular weight is 311 g/mol. The molecule has 0 aromatic rings. The van der Waals surface area contributed by atoms with Crippen LogP contribution in [0.4, 0.5) is 0 Å². The van der Waals surface area contributed by atoms with Crippen LogP contribution in [0.25, 0.3) is 0 Å². The molecule has 0 aromatic carbocycles. The number of carbonyl (C=O) groups is 2. The van der Waals surface area contributed by atoms with Crippen molar-refractivity contribution in [2.24, 2.45) is 5.41 Å². The van der Waals surface area contributed by atoms with E-state index in [0.717, 1.165) is 25.7 Å². The first kappa shape index (κ1) is 15.7. The molecule has 0 unspecified atom stereocenters. The predicted molar refractivity (Wildman–Crippen MR) is 78.2 cm³/mol. The van der Waals surface area contributed by atoms with Crippen LogP contribution in [0.15, 0.2) is 0 Å². The second kappa shape index (κ2) is 6.16. The summed E-state index contributed by atoms with van der Waals surface area (Å²) in [6.07, 6.45) is 5.69. The first-order valence-electron chi connectivity index (χ1n) is 8.30. The zero-order valence-electron chi connectivity index (χ0n) is 13.0. The van der Waals surface area contributed by atoms with E-state index < -0.39 is 11.8 Å². The lowest BCUT2D eigenvalue weighted by atomic mass is 9.79. The second-order valence-corrected chi connectivity index (χ2v) is 6.94. The number of rotatable bonds is 4. The Labute approximate surface area is 130 Å². The summed E-state index contributed by atoms with van der Waals surface area (Å²) in [5.41, 5.74) is -0.321. The van der Waals surface area contributed by atoms with Crippen molar-refractivity contribution in [3.05, 3.63) is 0 Å². The molecule has 2 saturated heterocycles. The lowest BCUT2D eigenvalue weighted by molar-refractivity contribution is -0.187. The standard InChI is InChI=1S/C16H25NO5/c18-13(11-15(12-14(19)20)3-1-2-4-15)17-7-5-16(6-8-17)21-9-10-22-16/h1-12H2,(H,19,20). The highest BCUT2D eigenvalue weighted by Crippen LogP contribution is 2.44. The maximum atomic E-state index is 12.6. The van der Waals surface area contributed by atoms with E-state index in [0.29, 0.717) is 45.6 Å². The number of carboxylic acids is 1. The minimum Gasteiger partial charge on any atom is -0.481 e. The minimum atomic E-state index is -0.792. The topological polar surface area (TPSA) is 76.1 Å². The zero-order valence-corrected chi connectivity index (χ0v) is 13.0. The molecule has 3 fully saturated rings. The Kier molecular flexibility index (Phi) is 4.41. The van der Waals surface area contributed by atoms with Gasteiger partial charge in [-0.2, -0.15) is 0 Å². The smallest absolute Gasteiger partial charge is 0.303 e. The highest BCUT2D eigenvalue weighted by molar-refractivity contribution is 5.78. The molecule has 0 atom stereocenters. The van der Waals surface area contributed by atoms with Crippen molar-refractivity contribution in [2.75, 3.05) is 26.3 Å². The van der Waals surface area contributed by atoms with Crippen molar-refractivity contribution in [1.82, 2.24) is 4.90 Å². The Morgan fingerprint density at radius 3 is 2.09 bits per heavy atom. The van der Waals surface area contributed by atoms with E-state index >= 15 is 0 Å². The molecule has 22 heavy (non-hydrogen) atoms. The molecule has 124 valence electrons. The number of amides is 1. The number of nitrogens with zero attached hydrogens (tertiary/aromatic N) is 1. The first-order valence-corrected chi connectivity index (χ1v) is 8.30. The predicted octanol–water partition coefficient (Wildman–Crippen LogP) is 1.78. The molecular weight excluding hydrogens is 286 g/mol. The van der Waals surface area contributed by atoms with E-state index in [-0.39, 0.29) is 17.7 Å². The lowest BCUT2D eigenvalue weighted by Gasteiger charge is -2.39. The van der Waals surface area contributed by atoms with Crippen LogP contribution in [0.1, 0.15) is 51.4 Å². The van der Waals surface area contributed by atoms with Crippen molar-refractivity contribution in [2.45, 2.75) is 57.2 Å². The first-order chi connectivity index (χ1) is 10.5. The molecule has 1 saturated carbocycles. The molecule has 1 aliphatic carbocycles. The highest BCUT2D eigenvalue weighted by atomic mass is 16.7. The van der Waals surface area contributed by atoms with E-state index in [4.69, 9.17) is 14.6 Å². The van der Waals surface area contributed by atoms with Crippen LogP contribution in [0.2, 0.25) is 0 Å². The summed E-state index contributed by atoms with van der Waals surface area (Å²) >= 11 is 0. The van der Waals surface area contributed by atoms with E-state index in [2.05, 4.69) is 0 Å². The van der Waals surface area contributed by atoms with E-state index in [9.17, 15) is 9.59 Å². The number of ether oxygens (including phenoxy) is 2. The van der Waals surface area contributed by atoms with Crippen molar-refractivity contribution in [1.29, 1.82) is 0 Å². The van der Waals surface area contributed by atoms with Gasteiger partial charge in [-0.1, -0.05) is 12.8 Å². The van der Waals surface area contributed by atoms with E-state index in [1.54, 1.807) is 0 Å². The molecule has 2 heterocycles. The largest absolute Gasteiger partial charge is 0.481 e. The lowest BCUT2D eigenvalue weighted by Crippen LogP contribution is -2.48. The molecule has 3 rings (SSSR count). The molecule has 0 aromatic heterocycles. The quantitative estimate of drug-likeness (QED) is 0.856. The van der Waals surface area contributed by atoms with Crippen LogP contribution in [0, 0.1) is 5.41 Å². The Morgan fingerprint density at radius 1 is 0.955 bits per heavy atom. The Hall–Kier alpha value is -1.14. The van der Waals surface area contributed by atoms with Gasteiger partial charge in [0.15, 0.2) is 5.79 Å². The number of likely N-dealkylation sites (tertiary alicyclic amines) is 1. The molecule has 3 aliphatic rings. The van der Waals surface area contributed by atoms with Gasteiger partial charge in [0.05, 0.1) is 19.6 Å². The van der Waals surface area contributed by atoms with Gasteiger partial charge in [-0.3, -0.25) is 9.59 Å². The Morgan fingerprint density at radius 2 is 1.55 bits per heavy atom. The van der Waals surface area contributed by atoms with Crippen molar-refractivity contribution >= 4 is 11.9 Å². The van der Waals surface area contributed by atoms with Gasteiger partial charge in [-0.05, 0) is 18.3 Å². The van der Waals surface area contributed by atoms with Crippen LogP contribution in [0.5, 0.6) is 0 Å². The Bertz CT molecular complexity index is 428. The highest BCUT2D eigenvalue weighted by Gasteiger charge is 2.43. The fraction of sp³-hybridized carbons (Fsp3) is 0.875. The summed E-state index contributed by atoms with van der Waals surface area (Å²) in [5, 5.41) is 9.14. The SMILES string of the molecule is O=C(O)CC1(CC(=O)N2CCC3(CC2)OCCO3)CCCC1. The fourth-order valence-corrected chi connectivity index (χ4v) is 4.18. The fourth-order valence-electron chi connectivity index (χ4n) is 4.18. The minimum absolute atomic E-state index is 0.0935. The molecule has 6 nitrogen and oxygen atoms in total. The van der Waals surface area contributed by atoms with E-state index in [1.807, 2.05) is 4.90 Å². The van der Waals surface area contributed by atoms with Crippen molar-refractivity contribution in [3.63, 3.8) is 0 Å². The number of hydrogen-bond donors (Lipinski definition) is 1. The van der Waals surface area contributed by atoms with Gasteiger partial charge in [0.1, 0.15) is 0 Å². The van der Waals surface area contributed by atoms with Crippen LogP contribution < -0.4 is 0 Å². The van der Waals surface area contributed by atoms with Crippen LogP contribution in [0.3, 0.4) is 0 Å². The third-order valence-corrected chi connectivity index (χ3v) is 5.41. The molecule has 1 amide bonds. The molecule has 0 bridgehead atoms. The van der Waals surface area contributed by atoms with Gasteiger partial charge in [-0.15, -0.1) is 0 Å². The summed E-state index contributed by atoms with van der Waals surface area (Å²) in [6, 6.07) is 0. The number of carbonyl (C=O) groups excluding carboxylic acids is 1. The second-order valence-electron chi connectivity index (χ2n) is 6.94. The number of hydrogen-bond acceptors (Lipinski definition) is 4. The third kappa shape index (κ3) is 3.27. The molecule has 0 radical (unpaired) electrons. The molecule has 2 aliphatic heterocycles. The van der Waals surface area contributed by atoms with Gasteiger partial charge in [0.2, 0.25) is 5.91 Å². The maximum absolute atomic E-state index is 12.6. The molecule has 6 heteroatoms. The summed E-state index contributed by atoms with van der Waals surface area (Å²) in [5.74, 6) is -1.17. The summed E-state index contributed by atoms with van der Waals surface area (Å²) in [7, 11) is 0. The number of aliphatic carboxylic acids is 1. The molecule has 1 N–H and O–H groups in total. The monoisotopic (exact) mass is 311 g/mol. The molecule has 1 spiro atoms. The number of piperidine rings is 1.